The molecule has 0 radical (unpaired) electrons. The van der Waals surface area contributed by atoms with Gasteiger partial charge in [-0.25, -0.2) is 9.97 Å². The Labute approximate surface area is 193 Å². The van der Waals surface area contributed by atoms with Gasteiger partial charge in [-0.3, -0.25) is 9.69 Å². The highest BCUT2D eigenvalue weighted by atomic mass is 16.5. The molecular formula is C25H28N6O2. The molecular weight excluding hydrogens is 416 g/mol. The van der Waals surface area contributed by atoms with Gasteiger partial charge in [0, 0.05) is 46.4 Å². The molecule has 170 valence electrons. The summed E-state index contributed by atoms with van der Waals surface area (Å²) in [5, 5.41) is 12.6. The van der Waals surface area contributed by atoms with E-state index in [0.717, 1.165) is 38.2 Å². The molecule has 0 spiro atoms. The zero-order valence-electron chi connectivity index (χ0n) is 18.8. The van der Waals surface area contributed by atoms with Crippen LogP contribution < -0.4 is 10.2 Å². The Morgan fingerprint density at radius 1 is 1.06 bits per heavy atom. The molecule has 0 aliphatic carbocycles. The SMILES string of the molecule is COCCNC(=O)[C@@H](C#N)c1nc2ccccc2nc1N1CCN(Cc2ccccc2)CC1. The second kappa shape index (κ2) is 10.9. The monoisotopic (exact) mass is 444 g/mol. The van der Waals surface area contributed by atoms with Crippen molar-refractivity contribution >= 4 is 22.8 Å². The van der Waals surface area contributed by atoms with Crippen LogP contribution >= 0.6 is 0 Å². The van der Waals surface area contributed by atoms with Gasteiger partial charge in [-0.2, -0.15) is 5.26 Å². The highest BCUT2D eigenvalue weighted by molar-refractivity contribution is 5.88. The van der Waals surface area contributed by atoms with Gasteiger partial charge in [-0.15, -0.1) is 0 Å². The van der Waals surface area contributed by atoms with Gasteiger partial charge < -0.3 is 15.0 Å². The number of hydrogen-bond donors (Lipinski definition) is 1. The van der Waals surface area contributed by atoms with Crippen LogP contribution in [0.2, 0.25) is 0 Å². The molecule has 1 saturated heterocycles. The molecule has 1 fully saturated rings. The molecule has 2 heterocycles. The minimum atomic E-state index is -1.05. The summed E-state index contributed by atoms with van der Waals surface area (Å²) in [6.45, 7) is 4.83. The van der Waals surface area contributed by atoms with Crippen LogP contribution in [-0.4, -0.2) is 67.2 Å². The number of nitrogens with zero attached hydrogens (tertiary/aromatic N) is 5. The number of hydrogen-bond acceptors (Lipinski definition) is 7. The van der Waals surface area contributed by atoms with E-state index in [4.69, 9.17) is 14.7 Å². The molecule has 8 nitrogen and oxygen atoms in total. The Balaban J connectivity index is 1.57. The smallest absolute Gasteiger partial charge is 0.243 e. The Morgan fingerprint density at radius 2 is 1.73 bits per heavy atom. The zero-order chi connectivity index (χ0) is 23.0. The van der Waals surface area contributed by atoms with Crippen LogP contribution in [0, 0.1) is 11.3 Å². The van der Waals surface area contributed by atoms with E-state index in [9.17, 15) is 10.1 Å². The summed E-state index contributed by atoms with van der Waals surface area (Å²) in [4.78, 5) is 26.9. The topological polar surface area (TPSA) is 94.4 Å². The highest BCUT2D eigenvalue weighted by Gasteiger charge is 2.30. The van der Waals surface area contributed by atoms with E-state index >= 15 is 0 Å². The van der Waals surface area contributed by atoms with Gasteiger partial charge in [0.25, 0.3) is 0 Å². The fourth-order valence-corrected chi connectivity index (χ4v) is 4.01. The van der Waals surface area contributed by atoms with E-state index < -0.39 is 5.92 Å². The van der Waals surface area contributed by atoms with E-state index in [1.54, 1.807) is 7.11 Å². The molecule has 33 heavy (non-hydrogen) atoms. The Bertz CT molecular complexity index is 1120. The van der Waals surface area contributed by atoms with Gasteiger partial charge in [0.2, 0.25) is 5.91 Å². The summed E-state index contributed by atoms with van der Waals surface area (Å²) < 4.78 is 5.00. The number of nitrogens with one attached hydrogen (secondary N) is 1. The number of fused-ring (bicyclic) bond motifs is 1. The first-order valence-electron chi connectivity index (χ1n) is 11.1. The number of ether oxygens (including phenoxy) is 1. The predicted molar refractivity (Wildman–Crippen MR) is 127 cm³/mol. The van der Waals surface area contributed by atoms with E-state index in [1.165, 1.54) is 5.56 Å². The number of amides is 1. The van der Waals surface area contributed by atoms with Crippen LogP contribution in [-0.2, 0) is 16.1 Å². The molecule has 0 unspecified atom stereocenters. The lowest BCUT2D eigenvalue weighted by molar-refractivity contribution is -0.121. The number of rotatable bonds is 8. The van der Waals surface area contributed by atoms with Crippen LogP contribution in [0.5, 0.6) is 0 Å². The third kappa shape index (κ3) is 5.45. The van der Waals surface area contributed by atoms with Gasteiger partial charge >= 0.3 is 0 Å². The van der Waals surface area contributed by atoms with Crippen LogP contribution in [0.1, 0.15) is 17.2 Å². The van der Waals surface area contributed by atoms with Crippen molar-refractivity contribution in [1.82, 2.24) is 20.2 Å². The Kier molecular flexibility index (Phi) is 7.45. The molecule has 1 aliphatic heterocycles. The molecule has 1 aromatic heterocycles. The largest absolute Gasteiger partial charge is 0.383 e. The molecule has 1 aliphatic rings. The van der Waals surface area contributed by atoms with Gasteiger partial charge in [0.1, 0.15) is 5.69 Å². The molecule has 1 N–H and O–H groups in total. The quantitative estimate of drug-likeness (QED) is 0.533. The average Bonchev–Trinajstić information content (AvgIpc) is 2.85. The number of methoxy groups -OCH3 is 1. The average molecular weight is 445 g/mol. The fraction of sp³-hybridized carbons (Fsp3) is 0.360. The fourth-order valence-electron chi connectivity index (χ4n) is 4.01. The van der Waals surface area contributed by atoms with Crippen molar-refractivity contribution in [3.63, 3.8) is 0 Å². The summed E-state index contributed by atoms with van der Waals surface area (Å²) in [6.07, 6.45) is 0. The van der Waals surface area contributed by atoms with Crippen molar-refractivity contribution in [2.75, 3.05) is 51.3 Å². The molecule has 4 rings (SSSR count). The van der Waals surface area contributed by atoms with Crippen LogP contribution in [0.3, 0.4) is 0 Å². The lowest BCUT2D eigenvalue weighted by Gasteiger charge is -2.36. The van der Waals surface area contributed by atoms with Gasteiger partial charge in [0.05, 0.1) is 23.7 Å². The van der Waals surface area contributed by atoms with Crippen molar-refractivity contribution in [3.8, 4) is 6.07 Å². The molecule has 0 bridgehead atoms. The van der Waals surface area contributed by atoms with E-state index in [1.807, 2.05) is 30.3 Å². The Morgan fingerprint density at radius 3 is 2.39 bits per heavy atom. The van der Waals surface area contributed by atoms with Crippen LogP contribution in [0.4, 0.5) is 5.82 Å². The number of para-hydroxylation sites is 2. The molecule has 2 aromatic carbocycles. The summed E-state index contributed by atoms with van der Waals surface area (Å²) in [6, 6.07) is 20.1. The van der Waals surface area contributed by atoms with Crippen molar-refractivity contribution < 1.29 is 9.53 Å². The maximum Gasteiger partial charge on any atom is 0.243 e. The third-order valence-electron chi connectivity index (χ3n) is 5.77. The third-order valence-corrected chi connectivity index (χ3v) is 5.77. The van der Waals surface area contributed by atoms with Gasteiger partial charge in [0.15, 0.2) is 11.7 Å². The standard InChI is InChI=1S/C25H28N6O2/c1-33-16-11-27-25(32)20(17-26)23-24(29-22-10-6-5-9-21(22)28-23)31-14-12-30(13-15-31)18-19-7-3-2-4-8-19/h2-10,20H,11-16,18H2,1H3,(H,27,32)/t20-/m0/s1. The van der Waals surface area contributed by atoms with Crippen molar-refractivity contribution in [2.45, 2.75) is 12.5 Å². The first kappa shape index (κ1) is 22.6. The molecule has 0 saturated carbocycles. The maximum absolute atomic E-state index is 12.8. The van der Waals surface area contributed by atoms with Gasteiger partial charge in [-0.05, 0) is 17.7 Å². The van der Waals surface area contributed by atoms with Crippen LogP contribution in [0.25, 0.3) is 11.0 Å². The van der Waals surface area contributed by atoms with Gasteiger partial charge in [-0.1, -0.05) is 42.5 Å². The normalized spacial score (nSPS) is 15.2. The predicted octanol–water partition coefficient (Wildman–Crippen LogP) is 2.32. The highest BCUT2D eigenvalue weighted by Crippen LogP contribution is 2.28. The first-order valence-corrected chi connectivity index (χ1v) is 11.1. The van der Waals surface area contributed by atoms with E-state index in [0.29, 0.717) is 30.2 Å². The number of aromatic nitrogens is 2. The number of anilines is 1. The maximum atomic E-state index is 12.8. The zero-order valence-corrected chi connectivity index (χ0v) is 18.8. The number of piperazine rings is 1. The first-order chi connectivity index (χ1) is 16.2. The summed E-state index contributed by atoms with van der Waals surface area (Å²) in [5.74, 6) is -0.819. The number of benzene rings is 2. The summed E-state index contributed by atoms with van der Waals surface area (Å²) >= 11 is 0. The number of carbonyl (C=O) groups excluding carboxylic acids is 1. The van der Waals surface area contributed by atoms with E-state index in [2.05, 4.69) is 45.5 Å². The summed E-state index contributed by atoms with van der Waals surface area (Å²) in [5.41, 5.74) is 3.11. The lowest BCUT2D eigenvalue weighted by Crippen LogP contribution is -2.47. The van der Waals surface area contributed by atoms with Crippen molar-refractivity contribution in [1.29, 1.82) is 5.26 Å². The van der Waals surface area contributed by atoms with Crippen LogP contribution in [0.15, 0.2) is 54.6 Å². The van der Waals surface area contributed by atoms with Crippen molar-refractivity contribution in [2.24, 2.45) is 0 Å². The molecule has 1 atom stereocenters. The second-order valence-electron chi connectivity index (χ2n) is 8.02. The number of nitriles is 1. The second-order valence-corrected chi connectivity index (χ2v) is 8.02. The summed E-state index contributed by atoms with van der Waals surface area (Å²) in [7, 11) is 1.57. The lowest BCUT2D eigenvalue weighted by atomic mass is 10.0. The Hall–Kier alpha value is -3.54. The molecule has 1 amide bonds. The molecule has 8 heteroatoms. The minimum absolute atomic E-state index is 0.335. The molecule has 3 aromatic rings. The number of carbonyl (C=O) groups is 1. The minimum Gasteiger partial charge on any atom is -0.383 e. The van der Waals surface area contributed by atoms with Crippen molar-refractivity contribution in [3.05, 3.63) is 65.9 Å². The van der Waals surface area contributed by atoms with E-state index in [-0.39, 0.29) is 5.91 Å².